The molecule has 3 aromatic rings. The van der Waals surface area contributed by atoms with E-state index < -0.39 is 52.4 Å². The number of nitrogens with one attached hydrogen (secondary N) is 1. The van der Waals surface area contributed by atoms with Crippen molar-refractivity contribution in [3.8, 4) is 17.2 Å². The first-order valence-electron chi connectivity index (χ1n) is 16.4. The molecule has 1 saturated carbocycles. The van der Waals surface area contributed by atoms with Gasteiger partial charge in [-0.2, -0.15) is 5.01 Å². The molecule has 4 aliphatic rings. The van der Waals surface area contributed by atoms with Gasteiger partial charge in [0.05, 0.1) is 48.1 Å². The Balaban J connectivity index is 1.50. The molecule has 7 rings (SSSR count). The number of nitrogens with zero attached hydrogens (tertiary/aromatic N) is 2. The molecule has 2 aliphatic heterocycles. The van der Waals surface area contributed by atoms with Gasteiger partial charge in [0.15, 0.2) is 0 Å². The number of hydrazine groups is 1. The molecule has 3 fully saturated rings. The van der Waals surface area contributed by atoms with Crippen LogP contribution in [-0.4, -0.2) is 58.4 Å². The first-order chi connectivity index (χ1) is 23.7. The molecule has 2 N–H and O–H groups in total. The molecule has 50 heavy (non-hydrogen) atoms. The Morgan fingerprint density at radius 1 is 0.900 bits per heavy atom. The van der Waals surface area contributed by atoms with Gasteiger partial charge in [-0.15, -0.1) is 0 Å². The molecule has 2 heterocycles. The summed E-state index contributed by atoms with van der Waals surface area (Å²) in [6, 6.07) is 16.5. The minimum atomic E-state index is -1.63. The van der Waals surface area contributed by atoms with Crippen LogP contribution in [0, 0.1) is 23.7 Å². The lowest BCUT2D eigenvalue weighted by Crippen LogP contribution is -2.53. The highest BCUT2D eigenvalue weighted by atomic mass is 35.5. The quantitative estimate of drug-likeness (QED) is 0.219. The van der Waals surface area contributed by atoms with Crippen LogP contribution in [0.2, 0.25) is 10.0 Å². The average molecular weight is 719 g/mol. The zero-order valence-electron chi connectivity index (χ0n) is 28.2. The van der Waals surface area contributed by atoms with Gasteiger partial charge in [-0.05, 0) is 87.6 Å². The highest BCUT2D eigenvalue weighted by Crippen LogP contribution is 2.66. The van der Waals surface area contributed by atoms with E-state index in [-0.39, 0.29) is 41.1 Å². The van der Waals surface area contributed by atoms with Crippen molar-refractivity contribution in [2.45, 2.75) is 50.5 Å². The van der Waals surface area contributed by atoms with E-state index in [0.29, 0.717) is 33.2 Å². The molecule has 0 aromatic heterocycles. The number of carbonyl (C=O) groups excluding carboxylic acids is 4. The Morgan fingerprint density at radius 3 is 2.26 bits per heavy atom. The first kappa shape index (κ1) is 33.9. The summed E-state index contributed by atoms with van der Waals surface area (Å²) in [6.45, 7) is 5.47. The van der Waals surface area contributed by atoms with Gasteiger partial charge in [-0.3, -0.25) is 29.5 Å². The maximum absolute atomic E-state index is 15.4. The zero-order valence-corrected chi connectivity index (χ0v) is 29.7. The number of hydrogen-bond acceptors (Lipinski definition) is 8. The fourth-order valence-corrected chi connectivity index (χ4v) is 9.27. The Morgan fingerprint density at radius 2 is 1.62 bits per heavy atom. The summed E-state index contributed by atoms with van der Waals surface area (Å²) in [4.78, 5) is 59.7. The van der Waals surface area contributed by atoms with E-state index in [0.717, 1.165) is 5.01 Å². The van der Waals surface area contributed by atoms with Crippen LogP contribution in [0.3, 0.4) is 0 Å². The average Bonchev–Trinajstić information content (AvgIpc) is 3.47. The van der Waals surface area contributed by atoms with Gasteiger partial charge in [-0.25, -0.2) is 0 Å². The summed E-state index contributed by atoms with van der Waals surface area (Å²) >= 11 is 12.7. The van der Waals surface area contributed by atoms with Crippen LogP contribution >= 0.6 is 23.2 Å². The second kappa shape index (κ2) is 12.1. The molecule has 260 valence electrons. The van der Waals surface area contributed by atoms with E-state index >= 15 is 4.79 Å². The maximum Gasteiger partial charge on any atom is 0.260 e. The Kier molecular flexibility index (Phi) is 8.18. The summed E-state index contributed by atoms with van der Waals surface area (Å²) in [5.74, 6) is -4.95. The minimum Gasteiger partial charge on any atom is -0.508 e. The van der Waals surface area contributed by atoms with E-state index in [4.69, 9.17) is 32.7 Å². The fourth-order valence-electron chi connectivity index (χ4n) is 8.82. The number of amides is 4. The highest BCUT2D eigenvalue weighted by Gasteiger charge is 2.71. The normalized spacial score (nSPS) is 27.5. The number of rotatable bonds is 6. The number of hydrogen-bond donors (Lipinski definition) is 2. The van der Waals surface area contributed by atoms with Crippen LogP contribution < -0.4 is 14.9 Å². The number of methoxy groups -OCH3 is 2. The summed E-state index contributed by atoms with van der Waals surface area (Å²) in [6.07, 6.45) is 2.29. The van der Waals surface area contributed by atoms with Gasteiger partial charge in [-0.1, -0.05) is 53.1 Å². The summed E-state index contributed by atoms with van der Waals surface area (Å²) in [5, 5.41) is 13.2. The summed E-state index contributed by atoms with van der Waals surface area (Å²) < 4.78 is 11.3. The number of anilines is 1. The predicted molar refractivity (Wildman–Crippen MR) is 187 cm³/mol. The molecule has 0 spiro atoms. The van der Waals surface area contributed by atoms with Crippen molar-refractivity contribution < 1.29 is 33.8 Å². The second-order valence-electron chi connectivity index (χ2n) is 14.3. The Bertz CT molecular complexity index is 1970. The molecule has 0 radical (unpaired) electrons. The largest absolute Gasteiger partial charge is 0.508 e. The molecule has 3 aromatic carbocycles. The third-order valence-corrected chi connectivity index (χ3v) is 11.4. The molecular weight excluding hydrogens is 681 g/mol. The highest BCUT2D eigenvalue weighted by molar-refractivity contribution is 6.36. The van der Waals surface area contributed by atoms with Crippen molar-refractivity contribution in [3.63, 3.8) is 0 Å². The predicted octanol–water partition coefficient (Wildman–Crippen LogP) is 6.50. The van der Waals surface area contributed by atoms with Crippen molar-refractivity contribution in [3.05, 3.63) is 93.5 Å². The number of phenols is 1. The molecule has 2 aliphatic carbocycles. The standard InChI is InChI=1S/C38H37Cl2N3O7/c1-37(2,3)42-33(45)23-15-14-22-24(30(23)35(42)47)18-25-34(46)43(41-27-16-11-20(39)17-26(27)40)36(48)38(25,19-9-12-21(49-4)13-10-19)32(22)31-28(44)7-6-8-29(31)50-5/h6-14,16-17,23-25,30,32,41,44H,15,18H2,1-5H3. The maximum atomic E-state index is 15.4. The van der Waals surface area contributed by atoms with E-state index in [9.17, 15) is 19.5 Å². The number of ether oxygens (including phenoxy) is 2. The summed E-state index contributed by atoms with van der Waals surface area (Å²) in [7, 11) is 3.01. The van der Waals surface area contributed by atoms with Crippen LogP contribution in [-0.2, 0) is 24.6 Å². The number of imide groups is 2. The van der Waals surface area contributed by atoms with E-state index in [1.807, 2.05) is 26.8 Å². The minimum absolute atomic E-state index is 0.0968. The number of halogens is 2. The molecule has 4 amide bonds. The van der Waals surface area contributed by atoms with Crippen molar-refractivity contribution >= 4 is 52.5 Å². The van der Waals surface area contributed by atoms with Gasteiger partial charge in [0, 0.05) is 22.0 Å². The third kappa shape index (κ3) is 4.82. The lowest BCUT2D eigenvalue weighted by atomic mass is 9.49. The van der Waals surface area contributed by atoms with Gasteiger partial charge < -0.3 is 14.6 Å². The zero-order chi connectivity index (χ0) is 35.9. The van der Waals surface area contributed by atoms with Crippen molar-refractivity contribution in [1.29, 1.82) is 0 Å². The SMILES string of the molecule is COc1ccc(C23C(=O)N(Nc4ccc(Cl)cc4Cl)C(=O)C2CC2C(=CCC4C(=O)N(C(C)(C)C)C(=O)C42)C3c2c(O)cccc2OC)cc1. The molecule has 2 saturated heterocycles. The number of fused-ring (bicyclic) bond motifs is 4. The van der Waals surface area contributed by atoms with Crippen LogP contribution in [0.1, 0.15) is 50.7 Å². The van der Waals surface area contributed by atoms with Crippen LogP contribution in [0.5, 0.6) is 17.2 Å². The molecule has 6 atom stereocenters. The second-order valence-corrected chi connectivity index (χ2v) is 15.1. The number of benzene rings is 3. The van der Waals surface area contributed by atoms with Crippen molar-refractivity contribution in [1.82, 2.24) is 9.91 Å². The Hall–Kier alpha value is -4.54. The molecule has 0 bridgehead atoms. The smallest absolute Gasteiger partial charge is 0.260 e. The van der Waals surface area contributed by atoms with Crippen molar-refractivity contribution in [2.24, 2.45) is 23.7 Å². The third-order valence-electron chi connectivity index (χ3n) is 10.8. The molecule has 10 nitrogen and oxygen atoms in total. The van der Waals surface area contributed by atoms with E-state index in [2.05, 4.69) is 5.43 Å². The number of phenolic OH excluding ortho intramolecular Hbond substituents is 1. The van der Waals surface area contributed by atoms with Gasteiger partial charge in [0.1, 0.15) is 17.2 Å². The first-order valence-corrected chi connectivity index (χ1v) is 17.2. The topological polar surface area (TPSA) is 125 Å². The molecular formula is C38H37Cl2N3O7. The lowest BCUT2D eigenvalue weighted by molar-refractivity contribution is -0.146. The van der Waals surface area contributed by atoms with E-state index in [1.54, 1.807) is 48.5 Å². The lowest BCUT2D eigenvalue weighted by Gasteiger charge is -2.50. The van der Waals surface area contributed by atoms with Crippen LogP contribution in [0.25, 0.3) is 0 Å². The van der Waals surface area contributed by atoms with Crippen molar-refractivity contribution in [2.75, 3.05) is 19.6 Å². The number of allylic oxidation sites excluding steroid dienone is 2. The molecule has 12 heteroatoms. The molecule has 6 unspecified atom stereocenters. The van der Waals surface area contributed by atoms with E-state index in [1.165, 1.54) is 31.3 Å². The number of likely N-dealkylation sites (tertiary alicyclic amines) is 1. The number of aromatic hydroxyl groups is 1. The van der Waals surface area contributed by atoms with Gasteiger partial charge in [0.25, 0.3) is 11.8 Å². The summed E-state index contributed by atoms with van der Waals surface area (Å²) in [5.41, 5.74) is 2.38. The van der Waals surface area contributed by atoms with Gasteiger partial charge >= 0.3 is 0 Å². The monoisotopic (exact) mass is 717 g/mol. The number of carbonyl (C=O) groups is 4. The van der Waals surface area contributed by atoms with Gasteiger partial charge in [0.2, 0.25) is 11.8 Å². The van der Waals surface area contributed by atoms with Crippen LogP contribution in [0.15, 0.2) is 72.3 Å². The Labute approximate surface area is 299 Å². The van der Waals surface area contributed by atoms with Crippen LogP contribution in [0.4, 0.5) is 5.69 Å². The fraction of sp³-hybridized carbons (Fsp3) is 0.368.